The van der Waals surface area contributed by atoms with Crippen molar-refractivity contribution in [3.8, 4) is 0 Å². The van der Waals surface area contributed by atoms with Crippen LogP contribution in [0.25, 0.3) is 0 Å². The van der Waals surface area contributed by atoms with Crippen molar-refractivity contribution in [2.24, 2.45) is 0 Å². The van der Waals surface area contributed by atoms with Crippen molar-refractivity contribution in [2.75, 3.05) is 13.2 Å². The fourth-order valence-electron chi connectivity index (χ4n) is 1.17. The fraction of sp³-hybridized carbons (Fsp3) is 0.700. The van der Waals surface area contributed by atoms with E-state index in [1.54, 1.807) is 6.92 Å². The van der Waals surface area contributed by atoms with Gasteiger partial charge in [-0.15, -0.1) is 0 Å². The van der Waals surface area contributed by atoms with Crippen LogP contribution in [0.4, 0.5) is 0 Å². The molecule has 98 valence electrons. The molecular formula is C10H16O7. The van der Waals surface area contributed by atoms with Gasteiger partial charge in [-0.25, -0.2) is 4.79 Å². The molecule has 0 spiro atoms. The Morgan fingerprint density at radius 1 is 1.06 bits per heavy atom. The van der Waals surface area contributed by atoms with Crippen LogP contribution >= 0.6 is 0 Å². The van der Waals surface area contributed by atoms with Gasteiger partial charge in [-0.05, 0) is 13.8 Å². The molecule has 7 heteroatoms. The minimum absolute atomic E-state index is 0.0242. The van der Waals surface area contributed by atoms with E-state index in [1.165, 1.54) is 6.92 Å². The van der Waals surface area contributed by atoms with Gasteiger partial charge in [0.25, 0.3) is 0 Å². The summed E-state index contributed by atoms with van der Waals surface area (Å²) in [6.07, 6.45) is -1.66. The first-order valence-corrected chi connectivity index (χ1v) is 5.12. The van der Waals surface area contributed by atoms with E-state index in [2.05, 4.69) is 9.47 Å². The zero-order chi connectivity index (χ0) is 13.5. The van der Waals surface area contributed by atoms with E-state index in [1.807, 2.05) is 0 Å². The summed E-state index contributed by atoms with van der Waals surface area (Å²) in [5.41, 5.74) is -2.38. The number of carbonyl (C=O) groups is 3. The molecular weight excluding hydrogens is 232 g/mol. The summed E-state index contributed by atoms with van der Waals surface area (Å²) in [5.74, 6) is -3.41. The summed E-state index contributed by atoms with van der Waals surface area (Å²) in [6.45, 7) is 3.11. The molecule has 0 saturated heterocycles. The van der Waals surface area contributed by atoms with Gasteiger partial charge in [0.1, 0.15) is 0 Å². The fourth-order valence-corrected chi connectivity index (χ4v) is 1.17. The van der Waals surface area contributed by atoms with E-state index in [0.717, 1.165) is 0 Å². The third-order valence-corrected chi connectivity index (χ3v) is 1.84. The molecule has 1 atom stereocenters. The lowest BCUT2D eigenvalue weighted by molar-refractivity contribution is -0.176. The summed E-state index contributed by atoms with van der Waals surface area (Å²) < 4.78 is 9.07. The van der Waals surface area contributed by atoms with Crippen molar-refractivity contribution in [3.05, 3.63) is 0 Å². The van der Waals surface area contributed by atoms with E-state index in [4.69, 9.17) is 5.11 Å². The molecule has 7 nitrogen and oxygen atoms in total. The molecule has 0 aromatic rings. The molecule has 0 aromatic carbocycles. The van der Waals surface area contributed by atoms with Gasteiger partial charge < -0.3 is 19.7 Å². The SMILES string of the molecule is CCOC(=O)C[C@](O)(CC(=O)O)C(=O)OCC. The average molecular weight is 248 g/mol. The lowest BCUT2D eigenvalue weighted by Gasteiger charge is -2.22. The van der Waals surface area contributed by atoms with E-state index in [0.29, 0.717) is 0 Å². The second kappa shape index (κ2) is 6.85. The van der Waals surface area contributed by atoms with Gasteiger partial charge in [0.2, 0.25) is 0 Å². The largest absolute Gasteiger partial charge is 0.481 e. The molecule has 0 aliphatic heterocycles. The van der Waals surface area contributed by atoms with Crippen molar-refractivity contribution >= 4 is 17.9 Å². The van der Waals surface area contributed by atoms with Crippen LogP contribution in [0, 0.1) is 0 Å². The van der Waals surface area contributed by atoms with Crippen LogP contribution in [0.5, 0.6) is 0 Å². The summed E-state index contributed by atoms with van der Waals surface area (Å²) >= 11 is 0. The molecule has 17 heavy (non-hydrogen) atoms. The highest BCUT2D eigenvalue weighted by molar-refractivity contribution is 5.89. The lowest BCUT2D eigenvalue weighted by Crippen LogP contribution is -2.44. The summed E-state index contributed by atoms with van der Waals surface area (Å²) in [5, 5.41) is 18.4. The molecule has 2 N–H and O–H groups in total. The van der Waals surface area contributed by atoms with Crippen molar-refractivity contribution in [3.63, 3.8) is 0 Å². The average Bonchev–Trinajstić information content (AvgIpc) is 2.16. The van der Waals surface area contributed by atoms with Crippen molar-refractivity contribution in [2.45, 2.75) is 32.3 Å². The second-order valence-corrected chi connectivity index (χ2v) is 3.30. The standard InChI is InChI=1S/C10H16O7/c1-3-16-8(13)6-10(15,5-7(11)12)9(14)17-4-2/h15H,3-6H2,1-2H3,(H,11,12)/t10-/m1/s1. The Hall–Kier alpha value is -1.63. The third kappa shape index (κ3) is 5.30. The number of carboxylic acid groups (broad SMARTS) is 1. The Labute approximate surface area is 98.3 Å². The van der Waals surface area contributed by atoms with Gasteiger partial charge >= 0.3 is 17.9 Å². The van der Waals surface area contributed by atoms with Crippen LogP contribution in [0.2, 0.25) is 0 Å². The predicted molar refractivity (Wildman–Crippen MR) is 55.1 cm³/mol. The minimum atomic E-state index is -2.38. The zero-order valence-electron chi connectivity index (χ0n) is 9.76. The molecule has 0 rings (SSSR count). The Balaban J connectivity index is 4.77. The van der Waals surface area contributed by atoms with E-state index in [-0.39, 0.29) is 13.2 Å². The minimum Gasteiger partial charge on any atom is -0.481 e. The smallest absolute Gasteiger partial charge is 0.339 e. The number of hydrogen-bond donors (Lipinski definition) is 2. The number of esters is 2. The summed E-state index contributed by atoms with van der Waals surface area (Å²) in [6, 6.07) is 0. The Bertz CT molecular complexity index is 299. The number of hydrogen-bond acceptors (Lipinski definition) is 6. The molecule has 0 aliphatic carbocycles. The number of ether oxygens (including phenoxy) is 2. The van der Waals surface area contributed by atoms with Crippen LogP contribution in [0.15, 0.2) is 0 Å². The van der Waals surface area contributed by atoms with Crippen LogP contribution in [0.3, 0.4) is 0 Å². The first-order chi connectivity index (χ1) is 7.85. The molecule has 0 aliphatic rings. The first-order valence-electron chi connectivity index (χ1n) is 5.12. The molecule has 0 heterocycles. The number of carboxylic acids is 1. The van der Waals surface area contributed by atoms with Gasteiger partial charge in [0.05, 0.1) is 26.1 Å². The van der Waals surface area contributed by atoms with Gasteiger partial charge in [-0.2, -0.15) is 0 Å². The zero-order valence-corrected chi connectivity index (χ0v) is 9.76. The van der Waals surface area contributed by atoms with E-state index in [9.17, 15) is 19.5 Å². The topological polar surface area (TPSA) is 110 Å². The van der Waals surface area contributed by atoms with Gasteiger partial charge in [0, 0.05) is 0 Å². The maximum absolute atomic E-state index is 11.4. The number of carbonyl (C=O) groups excluding carboxylic acids is 2. The van der Waals surface area contributed by atoms with Gasteiger partial charge in [-0.3, -0.25) is 9.59 Å². The molecule has 0 saturated carbocycles. The van der Waals surface area contributed by atoms with Crippen molar-refractivity contribution in [1.29, 1.82) is 0 Å². The van der Waals surface area contributed by atoms with Gasteiger partial charge in [-0.1, -0.05) is 0 Å². The van der Waals surface area contributed by atoms with Crippen molar-refractivity contribution < 1.29 is 34.1 Å². The van der Waals surface area contributed by atoms with Crippen LogP contribution in [-0.4, -0.2) is 46.9 Å². The highest BCUT2D eigenvalue weighted by atomic mass is 16.6. The molecule has 0 aromatic heterocycles. The summed E-state index contributed by atoms with van der Waals surface area (Å²) in [4.78, 5) is 33.1. The van der Waals surface area contributed by atoms with E-state index < -0.39 is 36.4 Å². The quantitative estimate of drug-likeness (QED) is 0.595. The second-order valence-electron chi connectivity index (χ2n) is 3.30. The van der Waals surface area contributed by atoms with Crippen LogP contribution < -0.4 is 0 Å². The third-order valence-electron chi connectivity index (χ3n) is 1.84. The number of aliphatic hydroxyl groups is 1. The molecule has 0 fully saturated rings. The molecule has 0 radical (unpaired) electrons. The normalized spacial score (nSPS) is 13.6. The molecule has 0 unspecified atom stereocenters. The van der Waals surface area contributed by atoms with Gasteiger partial charge in [0.15, 0.2) is 5.60 Å². The van der Waals surface area contributed by atoms with Crippen LogP contribution in [-0.2, 0) is 23.9 Å². The summed E-state index contributed by atoms with van der Waals surface area (Å²) in [7, 11) is 0. The van der Waals surface area contributed by atoms with Crippen LogP contribution in [0.1, 0.15) is 26.7 Å². The monoisotopic (exact) mass is 248 g/mol. The molecule has 0 bridgehead atoms. The Kier molecular flexibility index (Phi) is 6.19. The highest BCUT2D eigenvalue weighted by Crippen LogP contribution is 2.18. The molecule has 0 amide bonds. The number of rotatable bonds is 7. The maximum atomic E-state index is 11.4. The first kappa shape index (κ1) is 15.4. The van der Waals surface area contributed by atoms with E-state index >= 15 is 0 Å². The Morgan fingerprint density at radius 3 is 2.00 bits per heavy atom. The highest BCUT2D eigenvalue weighted by Gasteiger charge is 2.42. The predicted octanol–water partition coefficient (Wildman–Crippen LogP) is -0.292. The lowest BCUT2D eigenvalue weighted by atomic mass is 9.96. The Morgan fingerprint density at radius 2 is 1.59 bits per heavy atom. The maximum Gasteiger partial charge on any atom is 0.339 e. The van der Waals surface area contributed by atoms with Crippen molar-refractivity contribution in [1.82, 2.24) is 0 Å². The number of aliphatic carboxylic acids is 1.